The molecule has 0 spiro atoms. The topological polar surface area (TPSA) is 83.6 Å². The quantitative estimate of drug-likeness (QED) is 0.661. The fourth-order valence-corrected chi connectivity index (χ4v) is 2.71. The smallest absolute Gasteiger partial charge is 0.251 e. The number of nitrogens with one attached hydrogen (secondary N) is 2. The van der Waals surface area contributed by atoms with Crippen molar-refractivity contribution in [1.29, 1.82) is 0 Å². The summed E-state index contributed by atoms with van der Waals surface area (Å²) in [5, 5.41) is 4.48. The van der Waals surface area contributed by atoms with Crippen molar-refractivity contribution in [3.05, 3.63) is 34.0 Å². The number of hydrogen-bond donors (Lipinski definition) is 2. The first kappa shape index (κ1) is 13.1. The Labute approximate surface area is 120 Å². The van der Waals surface area contributed by atoms with Gasteiger partial charge >= 0.3 is 0 Å². The van der Waals surface area contributed by atoms with Gasteiger partial charge in [0.25, 0.3) is 5.56 Å². The maximum atomic E-state index is 11.3. The molecule has 1 saturated carbocycles. The molecule has 0 bridgehead atoms. The zero-order valence-corrected chi connectivity index (χ0v) is 12.1. The second-order valence-corrected chi connectivity index (χ2v) is 5.70. The molecule has 2 heterocycles. The molecule has 0 unspecified atom stereocenters. The molecule has 20 heavy (non-hydrogen) atoms. The van der Waals surface area contributed by atoms with Gasteiger partial charge in [-0.15, -0.1) is 0 Å². The zero-order valence-electron chi connectivity index (χ0n) is 11.3. The summed E-state index contributed by atoms with van der Waals surface area (Å²) < 4.78 is 0. The maximum absolute atomic E-state index is 11.3. The van der Waals surface area contributed by atoms with Crippen LogP contribution in [0.1, 0.15) is 30.1 Å². The molecule has 2 aromatic heterocycles. The summed E-state index contributed by atoms with van der Waals surface area (Å²) in [6.07, 6.45) is 3.80. The third kappa shape index (κ3) is 2.67. The lowest BCUT2D eigenvalue weighted by Crippen LogP contribution is -2.07. The van der Waals surface area contributed by atoms with E-state index >= 15 is 0 Å². The van der Waals surface area contributed by atoms with Crippen LogP contribution >= 0.6 is 11.8 Å². The van der Waals surface area contributed by atoms with Crippen LogP contribution in [0.4, 0.5) is 5.82 Å². The Hall–Kier alpha value is -1.89. The Morgan fingerprint density at radius 3 is 2.85 bits per heavy atom. The molecular weight excluding hydrogens is 274 g/mol. The van der Waals surface area contributed by atoms with Gasteiger partial charge in [0.05, 0.1) is 0 Å². The molecule has 0 radical (unpaired) electrons. The highest BCUT2D eigenvalue weighted by Crippen LogP contribution is 2.40. The van der Waals surface area contributed by atoms with Crippen molar-refractivity contribution in [2.24, 2.45) is 0 Å². The van der Waals surface area contributed by atoms with Crippen LogP contribution in [-0.4, -0.2) is 27.0 Å². The molecule has 1 aliphatic carbocycles. The van der Waals surface area contributed by atoms with Crippen molar-refractivity contribution >= 4 is 17.6 Å². The van der Waals surface area contributed by atoms with Crippen molar-refractivity contribution in [3.63, 3.8) is 0 Å². The van der Waals surface area contributed by atoms with Crippen molar-refractivity contribution in [2.75, 3.05) is 12.4 Å². The Kier molecular flexibility index (Phi) is 3.43. The lowest BCUT2D eigenvalue weighted by molar-refractivity contribution is 0.858. The highest BCUT2D eigenvalue weighted by atomic mass is 32.2. The second kappa shape index (κ2) is 5.24. The van der Waals surface area contributed by atoms with Gasteiger partial charge in [0.2, 0.25) is 0 Å². The molecule has 6 nitrogen and oxygen atoms in total. The zero-order chi connectivity index (χ0) is 14.1. The minimum absolute atomic E-state index is 0.162. The molecule has 0 saturated heterocycles. The van der Waals surface area contributed by atoms with E-state index < -0.39 is 0 Å². The standard InChI is InChI=1S/C13H15N5OS/c1-7-10(14-2)17-11(8-3-4-8)18-12(7)20-13-15-6-5-9(19)16-13/h5-6,8H,3-4H2,1-2H3,(H,14,17,18)(H,15,16,19). The highest BCUT2D eigenvalue weighted by molar-refractivity contribution is 7.99. The van der Waals surface area contributed by atoms with Gasteiger partial charge in [-0.2, -0.15) is 0 Å². The van der Waals surface area contributed by atoms with Crippen molar-refractivity contribution < 1.29 is 0 Å². The van der Waals surface area contributed by atoms with E-state index in [1.54, 1.807) is 0 Å². The molecule has 104 valence electrons. The Morgan fingerprint density at radius 1 is 1.40 bits per heavy atom. The molecule has 0 aliphatic heterocycles. The van der Waals surface area contributed by atoms with Gasteiger partial charge in [0.15, 0.2) is 5.16 Å². The fourth-order valence-electron chi connectivity index (χ4n) is 1.87. The molecule has 2 N–H and O–H groups in total. The van der Waals surface area contributed by atoms with Gasteiger partial charge in [-0.1, -0.05) is 0 Å². The number of nitrogens with zero attached hydrogens (tertiary/aromatic N) is 3. The summed E-state index contributed by atoms with van der Waals surface area (Å²) in [5.74, 6) is 2.19. The summed E-state index contributed by atoms with van der Waals surface area (Å²) in [6, 6.07) is 1.39. The summed E-state index contributed by atoms with van der Waals surface area (Å²) in [6.45, 7) is 1.96. The van der Waals surface area contributed by atoms with Gasteiger partial charge in [0, 0.05) is 30.8 Å². The van der Waals surface area contributed by atoms with Gasteiger partial charge in [0.1, 0.15) is 16.7 Å². The minimum Gasteiger partial charge on any atom is -0.373 e. The molecule has 0 aromatic carbocycles. The van der Waals surface area contributed by atoms with Crippen LogP contribution in [-0.2, 0) is 0 Å². The number of anilines is 1. The first-order valence-corrected chi connectivity index (χ1v) is 7.28. The number of hydrogen-bond acceptors (Lipinski definition) is 6. The van der Waals surface area contributed by atoms with Crippen molar-refractivity contribution in [3.8, 4) is 0 Å². The summed E-state index contributed by atoms with van der Waals surface area (Å²) in [4.78, 5) is 27.3. The average Bonchev–Trinajstić information content (AvgIpc) is 3.25. The van der Waals surface area contributed by atoms with Gasteiger partial charge < -0.3 is 10.3 Å². The molecule has 2 aromatic rings. The van der Waals surface area contributed by atoms with Crippen LogP contribution in [0.3, 0.4) is 0 Å². The molecule has 0 atom stereocenters. The van der Waals surface area contributed by atoms with E-state index in [0.717, 1.165) is 35.1 Å². The number of aromatic nitrogens is 4. The number of rotatable bonds is 4. The highest BCUT2D eigenvalue weighted by Gasteiger charge is 2.28. The predicted octanol–water partition coefficient (Wildman–Crippen LogP) is 1.94. The number of H-pyrrole nitrogens is 1. The average molecular weight is 289 g/mol. The van der Waals surface area contributed by atoms with Crippen LogP contribution in [0.5, 0.6) is 0 Å². The lowest BCUT2D eigenvalue weighted by Gasteiger charge is -2.11. The Balaban J connectivity index is 1.99. The molecule has 1 fully saturated rings. The monoisotopic (exact) mass is 289 g/mol. The van der Waals surface area contributed by atoms with E-state index in [0.29, 0.717) is 11.1 Å². The van der Waals surface area contributed by atoms with Crippen LogP contribution in [0.25, 0.3) is 0 Å². The van der Waals surface area contributed by atoms with E-state index in [1.807, 2.05) is 14.0 Å². The van der Waals surface area contributed by atoms with Gasteiger partial charge in [-0.05, 0) is 31.5 Å². The lowest BCUT2D eigenvalue weighted by atomic mass is 10.3. The van der Waals surface area contributed by atoms with E-state index in [2.05, 4.69) is 25.3 Å². The summed E-state index contributed by atoms with van der Waals surface area (Å²) in [5.41, 5.74) is 0.805. The maximum Gasteiger partial charge on any atom is 0.251 e. The van der Waals surface area contributed by atoms with E-state index in [4.69, 9.17) is 0 Å². The van der Waals surface area contributed by atoms with Gasteiger partial charge in [-0.3, -0.25) is 4.79 Å². The van der Waals surface area contributed by atoms with Crippen LogP contribution in [0.15, 0.2) is 27.2 Å². The summed E-state index contributed by atoms with van der Waals surface area (Å²) >= 11 is 1.36. The van der Waals surface area contributed by atoms with Gasteiger partial charge in [-0.25, -0.2) is 15.0 Å². The van der Waals surface area contributed by atoms with Crippen molar-refractivity contribution in [2.45, 2.75) is 35.9 Å². The molecule has 3 rings (SSSR count). The SMILES string of the molecule is CNc1nc(C2CC2)nc(Sc2nccc(=O)[nH]2)c1C. The largest absolute Gasteiger partial charge is 0.373 e. The molecule has 7 heteroatoms. The van der Waals surface area contributed by atoms with Crippen LogP contribution in [0.2, 0.25) is 0 Å². The first-order chi connectivity index (χ1) is 9.67. The minimum atomic E-state index is -0.162. The van der Waals surface area contributed by atoms with E-state index in [1.165, 1.54) is 24.0 Å². The number of aromatic amines is 1. The van der Waals surface area contributed by atoms with E-state index in [9.17, 15) is 4.79 Å². The predicted molar refractivity (Wildman–Crippen MR) is 77.3 cm³/mol. The van der Waals surface area contributed by atoms with E-state index in [-0.39, 0.29) is 5.56 Å². The Bertz CT molecular complexity index is 695. The normalized spacial score (nSPS) is 14.3. The van der Waals surface area contributed by atoms with Crippen LogP contribution in [0, 0.1) is 6.92 Å². The summed E-state index contributed by atoms with van der Waals surface area (Å²) in [7, 11) is 1.85. The third-order valence-corrected chi connectivity index (χ3v) is 4.13. The third-order valence-electron chi connectivity index (χ3n) is 3.14. The second-order valence-electron chi connectivity index (χ2n) is 4.73. The van der Waals surface area contributed by atoms with Crippen LogP contribution < -0.4 is 10.9 Å². The first-order valence-electron chi connectivity index (χ1n) is 6.47. The van der Waals surface area contributed by atoms with Crippen molar-refractivity contribution in [1.82, 2.24) is 19.9 Å². The molecule has 1 aliphatic rings. The molecule has 0 amide bonds. The Morgan fingerprint density at radius 2 is 2.20 bits per heavy atom. The molecular formula is C13H15N5OS. The fraction of sp³-hybridized carbons (Fsp3) is 0.385.